The number of anilines is 1. The highest BCUT2D eigenvalue weighted by atomic mass is 16.6. The molecule has 1 aromatic carbocycles. The summed E-state index contributed by atoms with van der Waals surface area (Å²) >= 11 is 0. The third-order valence-corrected chi connectivity index (χ3v) is 4.25. The van der Waals surface area contributed by atoms with Crippen molar-refractivity contribution in [1.82, 2.24) is 0 Å². The van der Waals surface area contributed by atoms with E-state index < -0.39 is 5.60 Å². The van der Waals surface area contributed by atoms with Crippen molar-refractivity contribution in [2.45, 2.75) is 64.0 Å². The van der Waals surface area contributed by atoms with Crippen LogP contribution in [0.5, 0.6) is 0 Å². The first kappa shape index (κ1) is 13.5. The molecule has 0 bridgehead atoms. The quantitative estimate of drug-likeness (QED) is 0.698. The Labute approximate surface area is 120 Å². The monoisotopic (exact) mass is 273 g/mol. The van der Waals surface area contributed by atoms with Crippen LogP contribution in [-0.2, 0) is 4.74 Å². The fourth-order valence-electron chi connectivity index (χ4n) is 3.53. The molecular weight excluding hydrogens is 250 g/mol. The molecular formula is C17H23NO2. The van der Waals surface area contributed by atoms with Crippen molar-refractivity contribution in [3.63, 3.8) is 0 Å². The number of para-hydroxylation sites is 1. The van der Waals surface area contributed by atoms with Crippen molar-refractivity contribution in [3.8, 4) is 0 Å². The van der Waals surface area contributed by atoms with Gasteiger partial charge in [0.15, 0.2) is 0 Å². The SMILES string of the molecule is CC(C)(C)OC(=O)N1c2ccccc2C2CCCCC21. The molecule has 3 nitrogen and oxygen atoms in total. The number of hydrogen-bond donors (Lipinski definition) is 0. The van der Waals surface area contributed by atoms with E-state index in [0.717, 1.165) is 12.1 Å². The molecule has 1 aromatic rings. The lowest BCUT2D eigenvalue weighted by molar-refractivity contribution is 0.0560. The van der Waals surface area contributed by atoms with E-state index in [-0.39, 0.29) is 12.1 Å². The Bertz CT molecular complexity index is 518. The fourth-order valence-corrected chi connectivity index (χ4v) is 3.53. The minimum atomic E-state index is -0.446. The number of carbonyl (C=O) groups is 1. The van der Waals surface area contributed by atoms with Crippen molar-refractivity contribution in [1.29, 1.82) is 0 Å². The van der Waals surface area contributed by atoms with Crippen LogP contribution >= 0.6 is 0 Å². The number of fused-ring (bicyclic) bond motifs is 3. The van der Waals surface area contributed by atoms with Gasteiger partial charge in [-0.3, -0.25) is 4.90 Å². The average molecular weight is 273 g/mol. The predicted octanol–water partition coefficient (Wildman–Crippen LogP) is 4.47. The normalized spacial score (nSPS) is 25.1. The second kappa shape index (κ2) is 4.80. The van der Waals surface area contributed by atoms with E-state index in [2.05, 4.69) is 18.2 Å². The van der Waals surface area contributed by atoms with Crippen LogP contribution in [0.1, 0.15) is 57.9 Å². The van der Waals surface area contributed by atoms with Crippen LogP contribution in [0.4, 0.5) is 10.5 Å². The molecule has 108 valence electrons. The van der Waals surface area contributed by atoms with E-state index in [1.54, 1.807) is 0 Å². The van der Waals surface area contributed by atoms with Crippen LogP contribution in [0.25, 0.3) is 0 Å². The Morgan fingerprint density at radius 3 is 2.65 bits per heavy atom. The first-order valence-corrected chi connectivity index (χ1v) is 7.58. The second-order valence-corrected chi connectivity index (χ2v) is 6.87. The molecule has 20 heavy (non-hydrogen) atoms. The van der Waals surface area contributed by atoms with Gasteiger partial charge in [0.2, 0.25) is 0 Å². The number of amides is 1. The van der Waals surface area contributed by atoms with Gasteiger partial charge in [-0.2, -0.15) is 0 Å². The van der Waals surface area contributed by atoms with E-state index >= 15 is 0 Å². The summed E-state index contributed by atoms with van der Waals surface area (Å²) in [5, 5.41) is 0. The lowest BCUT2D eigenvalue weighted by atomic mass is 9.82. The maximum Gasteiger partial charge on any atom is 0.415 e. The summed E-state index contributed by atoms with van der Waals surface area (Å²) in [6.07, 6.45) is 4.53. The zero-order valence-corrected chi connectivity index (χ0v) is 12.6. The summed E-state index contributed by atoms with van der Waals surface area (Å²) in [5.74, 6) is 0.493. The Morgan fingerprint density at radius 1 is 1.20 bits per heavy atom. The van der Waals surface area contributed by atoms with Crippen molar-refractivity contribution in [2.24, 2.45) is 0 Å². The highest BCUT2D eigenvalue weighted by Crippen LogP contribution is 2.48. The number of hydrogen-bond acceptors (Lipinski definition) is 2. The predicted molar refractivity (Wildman–Crippen MR) is 80.2 cm³/mol. The van der Waals surface area contributed by atoms with Crippen LogP contribution in [0.15, 0.2) is 24.3 Å². The van der Waals surface area contributed by atoms with E-state index in [9.17, 15) is 4.79 Å². The zero-order chi connectivity index (χ0) is 14.3. The molecule has 1 aliphatic carbocycles. The number of rotatable bonds is 0. The molecule has 1 saturated carbocycles. The van der Waals surface area contributed by atoms with Gasteiger partial charge in [-0.25, -0.2) is 4.79 Å². The Balaban J connectivity index is 1.95. The molecule has 0 radical (unpaired) electrons. The Kier molecular flexibility index (Phi) is 3.23. The van der Waals surface area contributed by atoms with Gasteiger partial charge in [-0.15, -0.1) is 0 Å². The van der Waals surface area contributed by atoms with Crippen LogP contribution in [0, 0.1) is 0 Å². The summed E-state index contributed by atoms with van der Waals surface area (Å²) in [6.45, 7) is 5.77. The second-order valence-electron chi connectivity index (χ2n) is 6.87. The summed E-state index contributed by atoms with van der Waals surface area (Å²) < 4.78 is 5.61. The first-order valence-electron chi connectivity index (χ1n) is 7.58. The first-order chi connectivity index (χ1) is 9.47. The standard InChI is InChI=1S/C17H23NO2/c1-17(2,3)20-16(19)18-14-10-6-4-8-12(14)13-9-5-7-11-15(13)18/h4,6,8,10,13,15H,5,7,9,11H2,1-3H3. The van der Waals surface area contributed by atoms with Crippen molar-refractivity contribution in [2.75, 3.05) is 4.90 Å². The highest BCUT2D eigenvalue weighted by Gasteiger charge is 2.43. The molecule has 0 spiro atoms. The van der Waals surface area contributed by atoms with Crippen LogP contribution < -0.4 is 4.90 Å². The molecule has 2 unspecified atom stereocenters. The molecule has 2 aliphatic rings. The van der Waals surface area contributed by atoms with Gasteiger partial charge in [0.05, 0.1) is 5.69 Å². The molecule has 1 fully saturated rings. The summed E-state index contributed by atoms with van der Waals surface area (Å²) in [5.41, 5.74) is 1.93. The van der Waals surface area contributed by atoms with Crippen LogP contribution in [0.3, 0.4) is 0 Å². The van der Waals surface area contributed by atoms with E-state index in [1.807, 2.05) is 31.7 Å². The lowest BCUT2D eigenvalue weighted by Gasteiger charge is -2.33. The smallest absolute Gasteiger partial charge is 0.415 e. The molecule has 2 atom stereocenters. The summed E-state index contributed by atoms with van der Waals surface area (Å²) in [4.78, 5) is 14.5. The van der Waals surface area contributed by atoms with Gasteiger partial charge in [-0.05, 0) is 45.2 Å². The molecule has 0 saturated heterocycles. The molecule has 1 aliphatic heterocycles. The fraction of sp³-hybridized carbons (Fsp3) is 0.588. The van der Waals surface area contributed by atoms with Crippen molar-refractivity contribution >= 4 is 11.8 Å². The average Bonchev–Trinajstić information content (AvgIpc) is 2.71. The van der Waals surface area contributed by atoms with E-state index in [1.165, 1.54) is 24.8 Å². The van der Waals surface area contributed by atoms with E-state index in [4.69, 9.17) is 4.74 Å². The van der Waals surface area contributed by atoms with Crippen LogP contribution in [0.2, 0.25) is 0 Å². The highest BCUT2D eigenvalue weighted by molar-refractivity contribution is 5.92. The topological polar surface area (TPSA) is 29.5 Å². The largest absolute Gasteiger partial charge is 0.443 e. The van der Waals surface area contributed by atoms with Gasteiger partial charge >= 0.3 is 6.09 Å². The molecule has 1 amide bonds. The number of nitrogens with zero attached hydrogens (tertiary/aromatic N) is 1. The van der Waals surface area contributed by atoms with Crippen molar-refractivity contribution in [3.05, 3.63) is 29.8 Å². The third-order valence-electron chi connectivity index (χ3n) is 4.25. The van der Waals surface area contributed by atoms with Gasteiger partial charge in [0.1, 0.15) is 5.60 Å². The van der Waals surface area contributed by atoms with Crippen LogP contribution in [-0.4, -0.2) is 17.7 Å². The molecule has 1 heterocycles. The Hall–Kier alpha value is -1.51. The summed E-state index contributed by atoms with van der Waals surface area (Å²) in [6, 6.07) is 8.59. The zero-order valence-electron chi connectivity index (χ0n) is 12.6. The van der Waals surface area contributed by atoms with Gasteiger partial charge < -0.3 is 4.74 Å². The van der Waals surface area contributed by atoms with E-state index in [0.29, 0.717) is 5.92 Å². The van der Waals surface area contributed by atoms with Gasteiger partial charge in [0.25, 0.3) is 0 Å². The summed E-state index contributed by atoms with van der Waals surface area (Å²) in [7, 11) is 0. The maximum absolute atomic E-state index is 12.6. The van der Waals surface area contributed by atoms with Gasteiger partial charge in [0, 0.05) is 12.0 Å². The molecule has 0 N–H and O–H groups in total. The molecule has 0 aromatic heterocycles. The molecule has 3 rings (SSSR count). The minimum absolute atomic E-state index is 0.195. The third kappa shape index (κ3) is 2.30. The number of ether oxygens (including phenoxy) is 1. The molecule has 3 heteroatoms. The van der Waals surface area contributed by atoms with Gasteiger partial charge in [-0.1, -0.05) is 31.0 Å². The minimum Gasteiger partial charge on any atom is -0.443 e. The Morgan fingerprint density at radius 2 is 1.90 bits per heavy atom. The lowest BCUT2D eigenvalue weighted by Crippen LogP contribution is -2.43. The number of benzene rings is 1. The number of carbonyl (C=O) groups excluding carboxylic acids is 1. The van der Waals surface area contributed by atoms with Crippen molar-refractivity contribution < 1.29 is 9.53 Å². The maximum atomic E-state index is 12.6.